The smallest absolute Gasteiger partial charge is 0.333 e. The van der Waals surface area contributed by atoms with E-state index in [0.29, 0.717) is 9.13 Å². The molecule has 1 amide bonds. The second kappa shape index (κ2) is 6.49. The van der Waals surface area contributed by atoms with Crippen LogP contribution in [-0.2, 0) is 16.1 Å². The van der Waals surface area contributed by atoms with Crippen LogP contribution in [-0.4, -0.2) is 65.4 Å². The van der Waals surface area contributed by atoms with Crippen molar-refractivity contribution in [1.29, 1.82) is 0 Å². The van der Waals surface area contributed by atoms with Gasteiger partial charge in [0.25, 0.3) is 11.5 Å². The molecule has 13 nitrogen and oxygen atoms in total. The SMILES string of the molecule is Nc1nc2c(c(=O)[nH]1)n(CC(=O)NO)c(=O)n2[C@@H]1O[C@H](CO)[C@@H](F)[C@H]1O. The van der Waals surface area contributed by atoms with Crippen LogP contribution in [0.3, 0.4) is 0 Å². The van der Waals surface area contributed by atoms with Crippen LogP contribution in [0.2, 0.25) is 0 Å². The molecule has 0 radical (unpaired) electrons. The van der Waals surface area contributed by atoms with Gasteiger partial charge in [0, 0.05) is 0 Å². The van der Waals surface area contributed by atoms with Crippen LogP contribution in [0.25, 0.3) is 11.2 Å². The normalized spacial score (nSPS) is 25.7. The lowest BCUT2D eigenvalue weighted by Gasteiger charge is -2.15. The molecule has 3 rings (SSSR count). The number of alkyl halides is 1. The van der Waals surface area contributed by atoms with Crippen molar-refractivity contribution in [2.24, 2.45) is 0 Å². The summed E-state index contributed by atoms with van der Waals surface area (Å²) in [5.41, 5.74) is 4.10. The molecule has 7 N–H and O–H groups in total. The molecule has 0 spiro atoms. The first kappa shape index (κ1) is 18.0. The average Bonchev–Trinajstić information content (AvgIpc) is 3.02. The van der Waals surface area contributed by atoms with Crippen LogP contribution in [0.5, 0.6) is 0 Å². The van der Waals surface area contributed by atoms with Gasteiger partial charge in [-0.05, 0) is 0 Å². The number of hydroxylamine groups is 1. The van der Waals surface area contributed by atoms with Crippen LogP contribution in [0, 0.1) is 0 Å². The lowest BCUT2D eigenvalue weighted by atomic mass is 10.1. The molecular weight excluding hydrogens is 359 g/mol. The summed E-state index contributed by atoms with van der Waals surface area (Å²) in [5, 5.41) is 27.8. The van der Waals surface area contributed by atoms with E-state index in [1.807, 2.05) is 0 Å². The van der Waals surface area contributed by atoms with Crippen LogP contribution < -0.4 is 22.5 Å². The number of nitrogen functional groups attached to an aromatic ring is 1. The molecule has 26 heavy (non-hydrogen) atoms. The van der Waals surface area contributed by atoms with Crippen molar-refractivity contribution in [2.45, 2.75) is 31.2 Å². The Bertz CT molecular complexity index is 967. The number of ether oxygens (including phenoxy) is 1. The number of anilines is 1. The van der Waals surface area contributed by atoms with Gasteiger partial charge < -0.3 is 20.7 Å². The van der Waals surface area contributed by atoms with Crippen LogP contribution >= 0.6 is 0 Å². The molecule has 2 aromatic heterocycles. The fraction of sp³-hybridized carbons (Fsp3) is 0.500. The molecule has 3 heterocycles. The first-order valence-electron chi connectivity index (χ1n) is 7.32. The lowest BCUT2D eigenvalue weighted by molar-refractivity contribution is -0.129. The molecular formula is C12H15FN6O7. The molecule has 142 valence electrons. The third-order valence-corrected chi connectivity index (χ3v) is 3.98. The zero-order valence-corrected chi connectivity index (χ0v) is 13.0. The van der Waals surface area contributed by atoms with E-state index in [2.05, 4.69) is 9.97 Å². The summed E-state index contributed by atoms with van der Waals surface area (Å²) in [7, 11) is 0. The number of hydrogen-bond acceptors (Lipinski definition) is 9. The first-order valence-corrected chi connectivity index (χ1v) is 7.32. The van der Waals surface area contributed by atoms with Gasteiger partial charge in [0.2, 0.25) is 5.95 Å². The van der Waals surface area contributed by atoms with E-state index in [1.165, 1.54) is 5.48 Å². The number of aromatic nitrogens is 4. The number of halogens is 1. The van der Waals surface area contributed by atoms with Gasteiger partial charge in [-0.15, -0.1) is 0 Å². The molecule has 1 fully saturated rings. The fourth-order valence-electron chi connectivity index (χ4n) is 2.82. The van der Waals surface area contributed by atoms with Crippen molar-refractivity contribution in [2.75, 3.05) is 12.3 Å². The molecule has 1 saturated heterocycles. The van der Waals surface area contributed by atoms with Gasteiger partial charge in [0.15, 0.2) is 23.6 Å². The van der Waals surface area contributed by atoms with Gasteiger partial charge in [0.05, 0.1) is 6.61 Å². The molecule has 1 aliphatic rings. The van der Waals surface area contributed by atoms with Gasteiger partial charge in [-0.3, -0.25) is 24.3 Å². The maximum absolute atomic E-state index is 14.0. The van der Waals surface area contributed by atoms with Crippen molar-refractivity contribution in [1.82, 2.24) is 24.6 Å². The van der Waals surface area contributed by atoms with E-state index in [9.17, 15) is 23.9 Å². The Labute approximate surface area is 142 Å². The fourth-order valence-corrected chi connectivity index (χ4v) is 2.82. The summed E-state index contributed by atoms with van der Waals surface area (Å²) < 4.78 is 20.5. The second-order valence-corrected chi connectivity index (χ2v) is 5.58. The predicted molar refractivity (Wildman–Crippen MR) is 80.9 cm³/mol. The summed E-state index contributed by atoms with van der Waals surface area (Å²) in [5.74, 6) is -1.39. The first-order chi connectivity index (χ1) is 12.3. The molecule has 4 atom stereocenters. The Morgan fingerprint density at radius 1 is 1.46 bits per heavy atom. The molecule has 1 aliphatic heterocycles. The Balaban J connectivity index is 2.26. The number of amides is 1. The monoisotopic (exact) mass is 374 g/mol. The number of rotatable bonds is 4. The number of aliphatic hydroxyl groups is 2. The third kappa shape index (κ3) is 2.64. The van der Waals surface area contributed by atoms with Crippen LogP contribution in [0.4, 0.5) is 10.3 Å². The number of H-pyrrole nitrogens is 1. The van der Waals surface area contributed by atoms with E-state index < -0.39 is 60.4 Å². The number of hydrogen-bond donors (Lipinski definition) is 6. The van der Waals surface area contributed by atoms with E-state index in [-0.39, 0.29) is 11.6 Å². The number of nitrogens with two attached hydrogens (primary N) is 1. The molecule has 0 unspecified atom stereocenters. The highest BCUT2D eigenvalue weighted by Crippen LogP contribution is 2.32. The van der Waals surface area contributed by atoms with Gasteiger partial charge in [0.1, 0.15) is 18.8 Å². The number of nitrogens with zero attached hydrogens (tertiary/aromatic N) is 3. The minimum absolute atomic E-state index is 0.364. The van der Waals surface area contributed by atoms with Gasteiger partial charge >= 0.3 is 5.69 Å². The highest BCUT2D eigenvalue weighted by Gasteiger charge is 2.46. The van der Waals surface area contributed by atoms with Crippen molar-refractivity contribution < 1.29 is 29.3 Å². The Hall–Kier alpha value is -2.81. The molecule has 0 aliphatic carbocycles. The van der Waals surface area contributed by atoms with Crippen molar-refractivity contribution >= 4 is 23.0 Å². The van der Waals surface area contributed by atoms with Gasteiger partial charge in [-0.25, -0.2) is 19.2 Å². The molecule has 2 aromatic rings. The van der Waals surface area contributed by atoms with E-state index >= 15 is 0 Å². The highest BCUT2D eigenvalue weighted by atomic mass is 19.1. The predicted octanol–water partition coefficient (Wildman–Crippen LogP) is -3.44. The zero-order chi connectivity index (χ0) is 19.2. The largest absolute Gasteiger partial charge is 0.394 e. The number of aliphatic hydroxyl groups excluding tert-OH is 2. The Morgan fingerprint density at radius 3 is 2.73 bits per heavy atom. The number of fused-ring (bicyclic) bond motifs is 1. The van der Waals surface area contributed by atoms with Crippen LogP contribution in [0.15, 0.2) is 9.59 Å². The standard InChI is InChI=1S/C12H15FN6O7/c13-5-3(2-20)26-10(7(5)22)19-8-6(9(23)16-11(14)15-8)18(12(19)24)1-4(21)17-25/h3,5,7,10,20,22,25H,1-2H2,(H,17,21)(H3,14,15,16,23)/t3-,5-,7-,10-/m1/s1. The second-order valence-electron chi connectivity index (χ2n) is 5.58. The summed E-state index contributed by atoms with van der Waals surface area (Å²) in [6, 6.07) is 0. The van der Waals surface area contributed by atoms with Crippen molar-refractivity contribution in [3.05, 3.63) is 20.8 Å². The molecule has 0 bridgehead atoms. The lowest BCUT2D eigenvalue weighted by Crippen LogP contribution is -2.36. The Morgan fingerprint density at radius 2 is 2.15 bits per heavy atom. The summed E-state index contributed by atoms with van der Waals surface area (Å²) in [6.45, 7) is -1.52. The maximum atomic E-state index is 14.0. The van der Waals surface area contributed by atoms with Crippen molar-refractivity contribution in [3.8, 4) is 0 Å². The summed E-state index contributed by atoms with van der Waals surface area (Å²) in [6.07, 6.45) is -6.88. The van der Waals surface area contributed by atoms with E-state index in [4.69, 9.17) is 20.8 Å². The number of nitrogens with one attached hydrogen (secondary N) is 2. The minimum Gasteiger partial charge on any atom is -0.394 e. The minimum atomic E-state index is -2.00. The Kier molecular flexibility index (Phi) is 4.49. The maximum Gasteiger partial charge on any atom is 0.333 e. The number of aromatic amines is 1. The van der Waals surface area contributed by atoms with E-state index in [1.54, 1.807) is 0 Å². The highest BCUT2D eigenvalue weighted by molar-refractivity contribution is 5.78. The number of carbonyl (C=O) groups is 1. The van der Waals surface area contributed by atoms with Crippen molar-refractivity contribution in [3.63, 3.8) is 0 Å². The summed E-state index contributed by atoms with van der Waals surface area (Å²) >= 11 is 0. The zero-order valence-electron chi connectivity index (χ0n) is 13.0. The number of carbonyl (C=O) groups excluding carboxylic acids is 1. The molecule has 14 heteroatoms. The molecule has 0 aromatic carbocycles. The van der Waals surface area contributed by atoms with Crippen LogP contribution in [0.1, 0.15) is 6.23 Å². The third-order valence-electron chi connectivity index (χ3n) is 3.98. The quantitative estimate of drug-likeness (QED) is 0.233. The number of imidazole rings is 1. The average molecular weight is 374 g/mol. The van der Waals surface area contributed by atoms with Gasteiger partial charge in [-0.1, -0.05) is 0 Å². The topological polar surface area (TPSA) is 198 Å². The molecule has 0 saturated carbocycles. The summed E-state index contributed by atoms with van der Waals surface area (Å²) in [4.78, 5) is 42.3. The van der Waals surface area contributed by atoms with E-state index in [0.717, 1.165) is 0 Å². The van der Waals surface area contributed by atoms with Gasteiger partial charge in [-0.2, -0.15) is 4.98 Å².